The average molecular weight is 234 g/mol. The Bertz CT molecular complexity index is 449. The average Bonchev–Trinajstić information content (AvgIpc) is 2.41. The first-order valence-corrected chi connectivity index (χ1v) is 5.13. The molecule has 2 aromatic rings. The highest BCUT2D eigenvalue weighted by Crippen LogP contribution is 2.14. The molecular weight excluding hydrogens is 223 g/mol. The molecule has 0 N–H and O–H groups in total. The van der Waals surface area contributed by atoms with Gasteiger partial charge in [0.15, 0.2) is 6.33 Å². The number of aromatic nitrogens is 4. The Hall–Kier alpha value is -1.95. The molecule has 0 aliphatic carbocycles. The fourth-order valence-electron chi connectivity index (χ4n) is 1.31. The quantitative estimate of drug-likeness (QED) is 0.732. The second-order valence-electron chi connectivity index (χ2n) is 3.31. The van der Waals surface area contributed by atoms with Crippen molar-refractivity contribution in [3.05, 3.63) is 36.2 Å². The molecule has 0 saturated heterocycles. The Kier molecular flexibility index (Phi) is 4.04. The van der Waals surface area contributed by atoms with Crippen molar-refractivity contribution in [2.24, 2.45) is 0 Å². The third-order valence-electron chi connectivity index (χ3n) is 2.11. The summed E-state index contributed by atoms with van der Waals surface area (Å²) in [4.78, 5) is 0. The summed E-state index contributed by atoms with van der Waals surface area (Å²) in [5, 5.41) is 15.0. The van der Waals surface area contributed by atoms with Crippen molar-refractivity contribution in [3.8, 4) is 11.4 Å². The van der Waals surface area contributed by atoms with Crippen LogP contribution in [0.4, 0.5) is 4.39 Å². The predicted octanol–water partition coefficient (Wildman–Crippen LogP) is 1.42. The Morgan fingerprint density at radius 2 is 1.76 bits per heavy atom. The van der Waals surface area contributed by atoms with E-state index in [1.807, 2.05) is 24.3 Å². The molecule has 0 amide bonds. The van der Waals surface area contributed by atoms with Crippen LogP contribution in [0, 0.1) is 0 Å². The van der Waals surface area contributed by atoms with Gasteiger partial charge >= 0.3 is 0 Å². The molecule has 0 spiro atoms. The molecule has 5 nitrogen and oxygen atoms in total. The molecule has 0 saturated carbocycles. The summed E-state index contributed by atoms with van der Waals surface area (Å²) in [6, 6.07) is 7.47. The van der Waals surface area contributed by atoms with Crippen molar-refractivity contribution in [1.82, 2.24) is 20.4 Å². The van der Waals surface area contributed by atoms with Gasteiger partial charge in [0.25, 0.3) is 0 Å². The monoisotopic (exact) mass is 234 g/mol. The van der Waals surface area contributed by atoms with Gasteiger partial charge in [0, 0.05) is 5.56 Å². The fraction of sp³-hybridized carbons (Fsp3) is 0.273. The van der Waals surface area contributed by atoms with E-state index in [0.717, 1.165) is 11.1 Å². The molecule has 0 aliphatic rings. The smallest absolute Gasteiger partial charge is 0.203 e. The molecule has 0 aliphatic heterocycles. The molecule has 1 aromatic carbocycles. The highest BCUT2D eigenvalue weighted by atomic mass is 19.1. The second kappa shape index (κ2) is 5.95. The minimum absolute atomic E-state index is 0.122. The highest BCUT2D eigenvalue weighted by molar-refractivity contribution is 5.53. The maximum absolute atomic E-state index is 11.8. The van der Waals surface area contributed by atoms with E-state index in [2.05, 4.69) is 20.4 Å². The number of hydrogen-bond donors (Lipinski definition) is 0. The van der Waals surface area contributed by atoms with Crippen LogP contribution in [0.5, 0.6) is 0 Å². The molecule has 1 heterocycles. The van der Waals surface area contributed by atoms with Crippen molar-refractivity contribution in [2.75, 3.05) is 13.3 Å². The number of hydrogen-bond acceptors (Lipinski definition) is 5. The molecule has 0 radical (unpaired) electrons. The summed E-state index contributed by atoms with van der Waals surface area (Å²) in [7, 11) is 0. The second-order valence-corrected chi connectivity index (χ2v) is 3.31. The topological polar surface area (TPSA) is 60.8 Å². The highest BCUT2D eigenvalue weighted by Gasteiger charge is 2.01. The van der Waals surface area contributed by atoms with E-state index < -0.39 is 6.67 Å². The molecule has 0 atom stereocenters. The van der Waals surface area contributed by atoms with Gasteiger partial charge in [-0.2, -0.15) is 0 Å². The van der Waals surface area contributed by atoms with Gasteiger partial charge in [0.1, 0.15) is 6.67 Å². The molecular formula is C11H11FN4O. The number of rotatable bonds is 5. The Morgan fingerprint density at radius 1 is 1.06 bits per heavy atom. The van der Waals surface area contributed by atoms with Crippen LogP contribution in [0.15, 0.2) is 30.6 Å². The largest absolute Gasteiger partial charge is 0.374 e. The summed E-state index contributed by atoms with van der Waals surface area (Å²) in [5.74, 6) is 0.476. The van der Waals surface area contributed by atoms with Gasteiger partial charge in [0.05, 0.1) is 13.2 Å². The molecule has 17 heavy (non-hydrogen) atoms. The minimum atomic E-state index is -0.465. The van der Waals surface area contributed by atoms with E-state index in [9.17, 15) is 4.39 Å². The maximum Gasteiger partial charge on any atom is 0.203 e. The summed E-state index contributed by atoms with van der Waals surface area (Å²) in [5.41, 5.74) is 1.80. The van der Waals surface area contributed by atoms with E-state index in [0.29, 0.717) is 12.4 Å². The van der Waals surface area contributed by atoms with Gasteiger partial charge in [-0.05, 0) is 5.56 Å². The number of halogens is 1. The van der Waals surface area contributed by atoms with E-state index in [1.165, 1.54) is 6.33 Å². The molecule has 0 unspecified atom stereocenters. The normalized spacial score (nSPS) is 10.4. The first-order chi connectivity index (χ1) is 8.40. The number of nitrogens with zero attached hydrogens (tertiary/aromatic N) is 4. The Labute approximate surface area is 97.7 Å². The lowest BCUT2D eigenvalue weighted by Crippen LogP contribution is -1.97. The Balaban J connectivity index is 2.03. The van der Waals surface area contributed by atoms with E-state index in [4.69, 9.17) is 4.74 Å². The Morgan fingerprint density at radius 3 is 2.41 bits per heavy atom. The van der Waals surface area contributed by atoms with Crippen molar-refractivity contribution < 1.29 is 9.13 Å². The van der Waals surface area contributed by atoms with E-state index in [1.54, 1.807) is 0 Å². The van der Waals surface area contributed by atoms with Gasteiger partial charge in [-0.3, -0.25) is 0 Å². The van der Waals surface area contributed by atoms with Crippen LogP contribution in [0.3, 0.4) is 0 Å². The number of ether oxygens (including phenoxy) is 1. The van der Waals surface area contributed by atoms with Crippen molar-refractivity contribution in [3.63, 3.8) is 0 Å². The lowest BCUT2D eigenvalue weighted by atomic mass is 10.1. The van der Waals surface area contributed by atoms with Crippen LogP contribution >= 0.6 is 0 Å². The fourth-order valence-corrected chi connectivity index (χ4v) is 1.31. The van der Waals surface area contributed by atoms with Gasteiger partial charge < -0.3 is 4.74 Å². The summed E-state index contributed by atoms with van der Waals surface area (Å²) in [6.07, 6.45) is 1.28. The SMILES string of the molecule is FCCOCc1ccc(-c2nncnn2)cc1. The summed E-state index contributed by atoms with van der Waals surface area (Å²) in [6.45, 7) is 0.0566. The zero-order chi connectivity index (χ0) is 11.9. The summed E-state index contributed by atoms with van der Waals surface area (Å²) < 4.78 is 16.9. The van der Waals surface area contributed by atoms with Crippen LogP contribution in [-0.4, -0.2) is 33.7 Å². The minimum Gasteiger partial charge on any atom is -0.374 e. The van der Waals surface area contributed by atoms with Crippen LogP contribution in [-0.2, 0) is 11.3 Å². The van der Waals surface area contributed by atoms with Gasteiger partial charge in [-0.25, -0.2) is 4.39 Å². The zero-order valence-electron chi connectivity index (χ0n) is 9.08. The number of alkyl halides is 1. The van der Waals surface area contributed by atoms with Crippen molar-refractivity contribution >= 4 is 0 Å². The standard InChI is InChI=1S/C11H11FN4O/c12-5-6-17-7-9-1-3-10(4-2-9)11-15-13-8-14-16-11/h1-4,8H,5-7H2. The summed E-state index contributed by atoms with van der Waals surface area (Å²) >= 11 is 0. The number of benzene rings is 1. The van der Waals surface area contributed by atoms with Crippen molar-refractivity contribution in [2.45, 2.75) is 6.61 Å². The molecule has 1 aromatic heterocycles. The van der Waals surface area contributed by atoms with E-state index >= 15 is 0 Å². The third-order valence-corrected chi connectivity index (χ3v) is 2.11. The molecule has 0 fully saturated rings. The van der Waals surface area contributed by atoms with Gasteiger partial charge in [0.2, 0.25) is 5.82 Å². The van der Waals surface area contributed by atoms with Crippen LogP contribution < -0.4 is 0 Å². The molecule has 0 bridgehead atoms. The molecule has 88 valence electrons. The van der Waals surface area contributed by atoms with Crippen molar-refractivity contribution in [1.29, 1.82) is 0 Å². The molecule has 2 rings (SSSR count). The van der Waals surface area contributed by atoms with Crippen LogP contribution in [0.1, 0.15) is 5.56 Å². The van der Waals surface area contributed by atoms with Crippen LogP contribution in [0.2, 0.25) is 0 Å². The lowest BCUT2D eigenvalue weighted by Gasteiger charge is -2.03. The van der Waals surface area contributed by atoms with Gasteiger partial charge in [-0.1, -0.05) is 24.3 Å². The van der Waals surface area contributed by atoms with Gasteiger partial charge in [-0.15, -0.1) is 20.4 Å². The van der Waals surface area contributed by atoms with Crippen LogP contribution in [0.25, 0.3) is 11.4 Å². The maximum atomic E-state index is 11.8. The third kappa shape index (κ3) is 3.25. The van der Waals surface area contributed by atoms with E-state index in [-0.39, 0.29) is 6.61 Å². The first-order valence-electron chi connectivity index (χ1n) is 5.13. The lowest BCUT2D eigenvalue weighted by molar-refractivity contribution is 0.106. The predicted molar refractivity (Wildman–Crippen MR) is 58.7 cm³/mol. The first kappa shape index (κ1) is 11.5. The zero-order valence-corrected chi connectivity index (χ0v) is 9.08. The molecule has 6 heteroatoms.